The molecule has 2 aromatic heterocycles. The van der Waals surface area contributed by atoms with Crippen LogP contribution in [0.5, 0.6) is 0 Å². The van der Waals surface area contributed by atoms with Gasteiger partial charge in [0, 0.05) is 21.5 Å². The minimum absolute atomic E-state index is 0. The van der Waals surface area contributed by atoms with Crippen LogP contribution >= 0.6 is 15.8 Å². The van der Waals surface area contributed by atoms with E-state index >= 15 is 0 Å². The van der Waals surface area contributed by atoms with Gasteiger partial charge in [-0.25, -0.2) is 0 Å². The smallest absolute Gasteiger partial charge is 0.458 e. The number of benzene rings is 8. The van der Waals surface area contributed by atoms with Gasteiger partial charge in [0.05, 0.1) is 37.1 Å². The van der Waals surface area contributed by atoms with E-state index in [9.17, 15) is 0 Å². The predicted octanol–water partition coefficient (Wildman–Crippen LogP) is 11.8. The first kappa shape index (κ1) is 44.4. The number of para-hydroxylation sites is 2. The summed E-state index contributed by atoms with van der Waals surface area (Å²) in [7, 11) is -1.57. The molecule has 0 saturated carbocycles. The fourth-order valence-electron chi connectivity index (χ4n) is 7.33. The van der Waals surface area contributed by atoms with Crippen molar-refractivity contribution in [3.05, 3.63) is 230 Å². The van der Waals surface area contributed by atoms with Gasteiger partial charge >= 0.3 is 44.8 Å². The molecule has 2 heterocycles. The topological polar surface area (TPSA) is 26.3 Å². The Morgan fingerprint density at radius 3 is 1.12 bits per heavy atom. The van der Waals surface area contributed by atoms with Crippen LogP contribution < -0.4 is 21.2 Å². The summed E-state index contributed by atoms with van der Waals surface area (Å²) in [6.07, 6.45) is 16.7. The summed E-state index contributed by atoms with van der Waals surface area (Å²) in [5, 5.41) is 10.4. The van der Waals surface area contributed by atoms with E-state index in [0.29, 0.717) is 0 Å². The summed E-state index contributed by atoms with van der Waals surface area (Å²) in [5.74, 6) is 4.74. The van der Waals surface area contributed by atoms with Crippen molar-refractivity contribution in [2.24, 2.45) is 0 Å². The van der Waals surface area contributed by atoms with Gasteiger partial charge in [-0.15, -0.1) is 29.3 Å². The van der Waals surface area contributed by atoms with Crippen molar-refractivity contribution < 1.29 is 53.6 Å². The maximum absolute atomic E-state index is 7.10. The number of fused-ring (bicyclic) bond motifs is 6. The molecule has 0 spiro atoms. The van der Waals surface area contributed by atoms with Crippen LogP contribution in [0.15, 0.2) is 215 Å². The molecule has 298 valence electrons. The second-order valence-corrected chi connectivity index (χ2v) is 19.0. The van der Waals surface area contributed by atoms with Crippen LogP contribution in [0.25, 0.3) is 43.9 Å². The molecule has 0 atom stereocenters. The van der Waals surface area contributed by atoms with Crippen molar-refractivity contribution >= 4 is 80.9 Å². The van der Waals surface area contributed by atoms with Crippen LogP contribution in [-0.4, -0.2) is 12.3 Å². The van der Waals surface area contributed by atoms with Gasteiger partial charge in [-0.05, 0) is 66.7 Å². The summed E-state index contributed by atoms with van der Waals surface area (Å²) in [6.45, 7) is 0. The molecule has 0 unspecified atom stereocenters. The number of furan rings is 2. The zero-order valence-corrected chi connectivity index (χ0v) is 38.8. The molecule has 10 rings (SSSR count). The molecular formula is C54H40Au2O2P2+2. The first-order valence-electron chi connectivity index (χ1n) is 19.3. The van der Waals surface area contributed by atoms with Gasteiger partial charge < -0.3 is 21.7 Å². The van der Waals surface area contributed by atoms with Crippen molar-refractivity contribution in [3.8, 4) is 11.8 Å². The van der Waals surface area contributed by atoms with E-state index in [1.165, 1.54) is 33.5 Å². The van der Waals surface area contributed by atoms with E-state index in [1.807, 2.05) is 84.9 Å². The second kappa shape index (κ2) is 21.9. The van der Waals surface area contributed by atoms with Gasteiger partial charge in [0.25, 0.3) is 0 Å². The molecule has 6 heteroatoms. The molecule has 0 radical (unpaired) electrons. The molecule has 60 heavy (non-hydrogen) atoms. The normalized spacial score (nSPS) is 10.5. The molecule has 0 amide bonds. The Hall–Kier alpha value is -5.18. The van der Waals surface area contributed by atoms with Crippen LogP contribution in [0, 0.1) is 24.7 Å². The van der Waals surface area contributed by atoms with Crippen LogP contribution in [0.1, 0.15) is 11.1 Å². The molecule has 8 aromatic carbocycles. The molecule has 10 aromatic rings. The predicted molar refractivity (Wildman–Crippen MR) is 251 cm³/mol. The van der Waals surface area contributed by atoms with Crippen molar-refractivity contribution in [2.45, 2.75) is 0 Å². The van der Waals surface area contributed by atoms with E-state index in [2.05, 4.69) is 133 Å². The van der Waals surface area contributed by atoms with Crippen LogP contribution in [0.2, 0.25) is 0 Å². The third-order valence-corrected chi connectivity index (χ3v) is 16.3. The first-order valence-corrected chi connectivity index (χ1v) is 22.7. The molecule has 0 saturated heterocycles. The molecule has 0 fully saturated rings. The van der Waals surface area contributed by atoms with Crippen LogP contribution in [0.3, 0.4) is 0 Å². The Kier molecular flexibility index (Phi) is 16.2. The Bertz CT molecular complexity index is 2820. The quantitative estimate of drug-likeness (QED) is 0.0688. The van der Waals surface area contributed by atoms with Gasteiger partial charge in [-0.2, -0.15) is 0 Å². The average molecular weight is 1180 g/mol. The number of hydrogen-bond donors (Lipinski definition) is 0. The molecule has 2 nitrogen and oxygen atoms in total. The monoisotopic (exact) mass is 1180 g/mol. The van der Waals surface area contributed by atoms with E-state index in [0.717, 1.165) is 55.0 Å². The van der Waals surface area contributed by atoms with Crippen LogP contribution in [0.4, 0.5) is 0 Å². The Labute approximate surface area is 385 Å². The van der Waals surface area contributed by atoms with Gasteiger partial charge in [-0.3, -0.25) is 11.8 Å². The fraction of sp³-hybridized carbons (Fsp3) is 0.0370. The first-order chi connectivity index (χ1) is 28.7. The van der Waals surface area contributed by atoms with Crippen molar-refractivity contribution in [1.82, 2.24) is 0 Å². The standard InChI is InChI=1S/C26H24P2.2C14H7O.2Au/c1-5-13-23(14-6-1)27(24-15-7-2-8-16-24)21-22-28(25-17-9-3-10-18-25)26-19-11-4-12-20-26;1-2-10-7-8-14-12(9-10)11-5-3-4-6-13(11)15-14;1-2-10-7-8-12-11-5-3-4-6-13(11)15-14(12)9-10;;/h1-20H,21-22H2;2*3-9H;;/q;2*-1;2*+1/p+2. The molecular weight excluding hydrogens is 1140 g/mol. The maximum Gasteiger partial charge on any atom is 1.00 e. The third kappa shape index (κ3) is 10.6. The van der Waals surface area contributed by atoms with E-state index in [4.69, 9.17) is 21.7 Å². The number of hydrogen-bond acceptors (Lipinski definition) is 2. The van der Waals surface area contributed by atoms with E-state index in [1.54, 1.807) is 0 Å². The van der Waals surface area contributed by atoms with Crippen molar-refractivity contribution in [3.63, 3.8) is 0 Å². The maximum atomic E-state index is 7.10. The van der Waals surface area contributed by atoms with Gasteiger partial charge in [0.2, 0.25) is 0 Å². The SMILES string of the molecule is [Au+].[Au+].[C-]#Cc1ccc2c(c1)oc1ccccc12.[C-]#Cc1ccc2oc3ccccc3c2c1.c1ccc([PH+](CC[PH+](c2ccccc2)c2ccccc2)c2ccccc2)cc1. The van der Waals surface area contributed by atoms with Crippen LogP contribution in [-0.2, 0) is 44.8 Å². The molecule has 0 aliphatic heterocycles. The zero-order chi connectivity index (χ0) is 39.5. The molecule has 0 aliphatic rings. The summed E-state index contributed by atoms with van der Waals surface area (Å²) in [5.41, 5.74) is 4.95. The second-order valence-electron chi connectivity index (χ2n) is 13.8. The third-order valence-electron chi connectivity index (χ3n) is 10.2. The minimum Gasteiger partial charge on any atom is -0.458 e. The van der Waals surface area contributed by atoms with E-state index in [-0.39, 0.29) is 44.8 Å². The summed E-state index contributed by atoms with van der Waals surface area (Å²) in [4.78, 5) is 0. The van der Waals surface area contributed by atoms with Gasteiger partial charge in [-0.1, -0.05) is 121 Å². The summed E-state index contributed by atoms with van der Waals surface area (Å²) < 4.78 is 11.3. The zero-order valence-electron chi connectivity index (χ0n) is 32.5. The fourth-order valence-corrected chi connectivity index (χ4v) is 13.5. The van der Waals surface area contributed by atoms with Gasteiger partial charge in [0.1, 0.15) is 34.7 Å². The summed E-state index contributed by atoms with van der Waals surface area (Å²) in [6, 6.07) is 71.7. The number of rotatable bonds is 7. The average Bonchev–Trinajstić information content (AvgIpc) is 3.87. The van der Waals surface area contributed by atoms with Gasteiger partial charge in [0.15, 0.2) is 0 Å². The van der Waals surface area contributed by atoms with Crippen molar-refractivity contribution in [1.29, 1.82) is 0 Å². The molecule has 0 bridgehead atoms. The van der Waals surface area contributed by atoms with Crippen molar-refractivity contribution in [2.75, 3.05) is 12.3 Å². The molecule has 0 N–H and O–H groups in total. The largest absolute Gasteiger partial charge is 1.00 e. The minimum atomic E-state index is -0.783. The van der Waals surface area contributed by atoms with E-state index < -0.39 is 15.8 Å². The Morgan fingerprint density at radius 2 is 0.667 bits per heavy atom. The summed E-state index contributed by atoms with van der Waals surface area (Å²) >= 11 is 0. The Morgan fingerprint density at radius 1 is 0.333 bits per heavy atom. The molecule has 0 aliphatic carbocycles. The Balaban J connectivity index is 0.000000160.